The molecule has 3 amide bonds. The molecular formula is C24H20Br2N2O3. The van der Waals surface area contributed by atoms with E-state index in [9.17, 15) is 14.4 Å². The molecule has 2 aromatic carbocycles. The van der Waals surface area contributed by atoms with Crippen LogP contribution >= 0.6 is 31.9 Å². The van der Waals surface area contributed by atoms with Gasteiger partial charge in [-0.25, -0.2) is 0 Å². The van der Waals surface area contributed by atoms with Gasteiger partial charge in [-0.1, -0.05) is 56.1 Å². The molecule has 158 valence electrons. The van der Waals surface area contributed by atoms with Gasteiger partial charge in [0.2, 0.25) is 17.7 Å². The third kappa shape index (κ3) is 3.68. The number of anilines is 1. The number of likely N-dealkylation sites (tertiary alicyclic amines) is 1. The average Bonchev–Trinajstić information content (AvgIpc) is 3.43. The quantitative estimate of drug-likeness (QED) is 0.422. The Morgan fingerprint density at radius 1 is 0.903 bits per heavy atom. The summed E-state index contributed by atoms with van der Waals surface area (Å²) in [6.45, 7) is 0. The van der Waals surface area contributed by atoms with E-state index in [1.807, 2.05) is 36.4 Å². The van der Waals surface area contributed by atoms with Crippen molar-refractivity contribution in [1.82, 2.24) is 4.90 Å². The van der Waals surface area contributed by atoms with Gasteiger partial charge < -0.3 is 5.32 Å². The molecule has 1 aliphatic heterocycles. The zero-order valence-electron chi connectivity index (χ0n) is 16.5. The number of allylic oxidation sites excluding steroid dienone is 2. The van der Waals surface area contributed by atoms with Crippen molar-refractivity contribution in [2.24, 2.45) is 23.7 Å². The van der Waals surface area contributed by atoms with Gasteiger partial charge in [0.15, 0.2) is 0 Å². The van der Waals surface area contributed by atoms with E-state index in [-0.39, 0.29) is 47.8 Å². The summed E-state index contributed by atoms with van der Waals surface area (Å²) in [7, 11) is 0. The predicted molar refractivity (Wildman–Crippen MR) is 124 cm³/mol. The van der Waals surface area contributed by atoms with E-state index in [1.54, 1.807) is 12.1 Å². The normalized spacial score (nSPS) is 27.0. The third-order valence-corrected chi connectivity index (χ3v) is 7.63. The number of nitrogens with zero attached hydrogens (tertiary/aromatic N) is 1. The van der Waals surface area contributed by atoms with Crippen molar-refractivity contribution < 1.29 is 14.4 Å². The molecule has 1 saturated heterocycles. The number of halogens is 2. The Balaban J connectivity index is 1.43. The van der Waals surface area contributed by atoms with Crippen LogP contribution in [-0.4, -0.2) is 22.6 Å². The SMILES string of the molecule is O=C(CC(c1ccc(Br)cc1)N1C(=O)C2C3C=CC(C3)C2C1=O)Nc1ccc(Br)cc1. The van der Waals surface area contributed by atoms with Crippen molar-refractivity contribution in [2.75, 3.05) is 5.32 Å². The molecular weight excluding hydrogens is 524 g/mol. The lowest BCUT2D eigenvalue weighted by Crippen LogP contribution is -2.38. The van der Waals surface area contributed by atoms with Crippen LogP contribution in [0.1, 0.15) is 24.4 Å². The van der Waals surface area contributed by atoms with Gasteiger partial charge in [-0.15, -0.1) is 0 Å². The molecule has 2 bridgehead atoms. The summed E-state index contributed by atoms with van der Waals surface area (Å²) >= 11 is 6.81. The lowest BCUT2D eigenvalue weighted by molar-refractivity contribution is -0.144. The van der Waals surface area contributed by atoms with Gasteiger partial charge in [-0.05, 0) is 60.2 Å². The Morgan fingerprint density at radius 2 is 1.42 bits per heavy atom. The molecule has 3 aliphatic rings. The molecule has 5 unspecified atom stereocenters. The number of benzene rings is 2. The van der Waals surface area contributed by atoms with Crippen LogP contribution in [0.15, 0.2) is 69.6 Å². The molecule has 7 heteroatoms. The Bertz CT molecular complexity index is 1050. The molecule has 1 N–H and O–H groups in total. The maximum atomic E-state index is 13.4. The second-order valence-electron chi connectivity index (χ2n) is 8.37. The summed E-state index contributed by atoms with van der Waals surface area (Å²) < 4.78 is 1.81. The van der Waals surface area contributed by atoms with Crippen LogP contribution in [0.2, 0.25) is 0 Å². The second kappa shape index (κ2) is 8.02. The second-order valence-corrected chi connectivity index (χ2v) is 10.2. The molecule has 5 atom stereocenters. The molecule has 2 fully saturated rings. The largest absolute Gasteiger partial charge is 0.326 e. The number of carbonyl (C=O) groups is 3. The number of rotatable bonds is 5. The van der Waals surface area contributed by atoms with E-state index in [2.05, 4.69) is 49.3 Å². The highest BCUT2D eigenvalue weighted by atomic mass is 79.9. The van der Waals surface area contributed by atoms with E-state index < -0.39 is 6.04 Å². The number of hydrogen-bond acceptors (Lipinski definition) is 3. The smallest absolute Gasteiger partial charge is 0.234 e. The van der Waals surface area contributed by atoms with Crippen LogP contribution in [0.3, 0.4) is 0 Å². The maximum absolute atomic E-state index is 13.4. The fraction of sp³-hybridized carbons (Fsp3) is 0.292. The number of nitrogens with one attached hydrogen (secondary N) is 1. The molecule has 1 heterocycles. The van der Waals surface area contributed by atoms with Crippen molar-refractivity contribution in [2.45, 2.75) is 18.9 Å². The fourth-order valence-electron chi connectivity index (χ4n) is 5.20. The Labute approximate surface area is 197 Å². The van der Waals surface area contributed by atoms with E-state index in [1.165, 1.54) is 4.90 Å². The van der Waals surface area contributed by atoms with Gasteiger partial charge in [0, 0.05) is 14.6 Å². The first-order valence-electron chi connectivity index (χ1n) is 10.3. The van der Waals surface area contributed by atoms with Gasteiger partial charge in [-0.2, -0.15) is 0 Å². The summed E-state index contributed by atoms with van der Waals surface area (Å²) in [4.78, 5) is 41.0. The molecule has 5 rings (SSSR count). The molecule has 31 heavy (non-hydrogen) atoms. The van der Waals surface area contributed by atoms with Gasteiger partial charge in [0.25, 0.3) is 0 Å². The Hall–Kier alpha value is -2.25. The monoisotopic (exact) mass is 542 g/mol. The molecule has 0 radical (unpaired) electrons. The summed E-state index contributed by atoms with van der Waals surface area (Å²) in [6.07, 6.45) is 5.05. The summed E-state index contributed by atoms with van der Waals surface area (Å²) in [5.74, 6) is -0.816. The van der Waals surface area contributed by atoms with Gasteiger partial charge in [0.1, 0.15) is 0 Å². The third-order valence-electron chi connectivity index (χ3n) is 6.58. The minimum atomic E-state index is -0.631. The molecule has 0 aromatic heterocycles. The highest BCUT2D eigenvalue weighted by Crippen LogP contribution is 2.54. The van der Waals surface area contributed by atoms with E-state index in [0.29, 0.717) is 5.69 Å². The van der Waals surface area contributed by atoms with Crippen molar-refractivity contribution in [3.8, 4) is 0 Å². The lowest BCUT2D eigenvalue weighted by Gasteiger charge is -2.28. The predicted octanol–water partition coefficient (Wildman–Crippen LogP) is 5.09. The number of fused-ring (bicyclic) bond motifs is 5. The van der Waals surface area contributed by atoms with E-state index in [4.69, 9.17) is 0 Å². The molecule has 2 aliphatic carbocycles. The first-order valence-corrected chi connectivity index (χ1v) is 11.9. The van der Waals surface area contributed by atoms with Crippen molar-refractivity contribution in [3.63, 3.8) is 0 Å². The van der Waals surface area contributed by atoms with Crippen molar-refractivity contribution >= 4 is 55.3 Å². The standard InChI is InChI=1S/C24H20Br2N2O3/c25-16-5-3-13(4-6-16)19(12-20(29)27-18-9-7-17(26)8-10-18)28-23(30)21-14-1-2-15(11-14)22(21)24(28)31/h1-10,14-15,19,21-22H,11-12H2,(H,27,29). The molecule has 5 nitrogen and oxygen atoms in total. The van der Waals surface area contributed by atoms with Crippen molar-refractivity contribution in [1.29, 1.82) is 0 Å². The summed E-state index contributed by atoms with van der Waals surface area (Å²) in [5.41, 5.74) is 1.44. The van der Waals surface area contributed by atoms with Crippen LogP contribution in [0.25, 0.3) is 0 Å². The first kappa shape index (κ1) is 20.6. The molecule has 0 spiro atoms. The summed E-state index contributed by atoms with van der Waals surface area (Å²) in [5, 5.41) is 2.88. The number of imide groups is 1. The summed E-state index contributed by atoms with van der Waals surface area (Å²) in [6, 6.07) is 14.1. The fourth-order valence-corrected chi connectivity index (χ4v) is 5.73. The van der Waals surface area contributed by atoms with Crippen LogP contribution in [0, 0.1) is 23.7 Å². The minimum absolute atomic E-state index is 0.0113. The number of carbonyl (C=O) groups excluding carboxylic acids is 3. The van der Waals surface area contributed by atoms with Gasteiger partial charge >= 0.3 is 0 Å². The van der Waals surface area contributed by atoms with E-state index in [0.717, 1.165) is 20.9 Å². The lowest BCUT2D eigenvalue weighted by atomic mass is 9.85. The van der Waals surface area contributed by atoms with Crippen LogP contribution in [0.4, 0.5) is 5.69 Å². The van der Waals surface area contributed by atoms with Gasteiger partial charge in [0.05, 0.1) is 24.3 Å². The van der Waals surface area contributed by atoms with Crippen LogP contribution < -0.4 is 5.32 Å². The van der Waals surface area contributed by atoms with Crippen molar-refractivity contribution in [3.05, 3.63) is 75.2 Å². The van der Waals surface area contributed by atoms with Crippen LogP contribution in [-0.2, 0) is 14.4 Å². The highest BCUT2D eigenvalue weighted by molar-refractivity contribution is 9.10. The zero-order valence-corrected chi connectivity index (χ0v) is 19.7. The van der Waals surface area contributed by atoms with E-state index >= 15 is 0 Å². The highest BCUT2D eigenvalue weighted by Gasteiger charge is 2.60. The maximum Gasteiger partial charge on any atom is 0.234 e. The van der Waals surface area contributed by atoms with Gasteiger partial charge in [-0.3, -0.25) is 19.3 Å². The Morgan fingerprint density at radius 3 is 1.97 bits per heavy atom. The number of hydrogen-bond donors (Lipinski definition) is 1. The topological polar surface area (TPSA) is 66.5 Å². The molecule has 2 aromatic rings. The molecule has 1 saturated carbocycles. The van der Waals surface area contributed by atoms with Crippen LogP contribution in [0.5, 0.6) is 0 Å². The first-order chi connectivity index (χ1) is 14.9. The Kier molecular flexibility index (Phi) is 5.34. The zero-order chi connectivity index (χ0) is 21.7. The number of amides is 3. The minimum Gasteiger partial charge on any atom is -0.326 e. The average molecular weight is 544 g/mol.